The first-order valence-corrected chi connectivity index (χ1v) is 7.38. The van der Waals surface area contributed by atoms with Crippen LogP contribution in [0.2, 0.25) is 0 Å². The number of aromatic nitrogens is 1. The second kappa shape index (κ2) is 8.01. The molecule has 0 unspecified atom stereocenters. The van der Waals surface area contributed by atoms with E-state index in [0.29, 0.717) is 12.2 Å². The van der Waals surface area contributed by atoms with Crippen LogP contribution in [-0.2, 0) is 11.2 Å². The second-order valence-corrected chi connectivity index (χ2v) is 5.28. The zero-order valence-corrected chi connectivity index (χ0v) is 12.3. The van der Waals surface area contributed by atoms with Crippen LogP contribution in [-0.4, -0.2) is 29.9 Å². The summed E-state index contributed by atoms with van der Waals surface area (Å²) in [7, 11) is 0. The van der Waals surface area contributed by atoms with E-state index >= 15 is 0 Å². The standard InChI is InChI=1S/C14H17N5OS/c15-14(17-7-5-12-4-2-8-21-12)18-10-13(20)19-11-3-1-6-16-9-11/h1-4,6,8-9H,5,7,10H2,(H,19,20)(H3,15,17,18). The molecule has 2 rings (SSSR count). The number of aliphatic imine (C=N–C) groups is 1. The highest BCUT2D eigenvalue weighted by molar-refractivity contribution is 7.09. The lowest BCUT2D eigenvalue weighted by Gasteiger charge is -2.05. The molecule has 21 heavy (non-hydrogen) atoms. The molecule has 0 radical (unpaired) electrons. The molecule has 2 heterocycles. The second-order valence-electron chi connectivity index (χ2n) is 4.25. The lowest BCUT2D eigenvalue weighted by atomic mass is 10.3. The molecule has 7 heteroatoms. The number of thiophene rings is 1. The van der Waals surface area contributed by atoms with Gasteiger partial charge in [-0.05, 0) is 30.0 Å². The van der Waals surface area contributed by atoms with Crippen molar-refractivity contribution in [3.05, 3.63) is 46.9 Å². The molecular weight excluding hydrogens is 286 g/mol. The van der Waals surface area contributed by atoms with Crippen LogP contribution in [0.25, 0.3) is 0 Å². The maximum absolute atomic E-state index is 11.6. The first-order chi connectivity index (χ1) is 10.2. The average Bonchev–Trinajstić information content (AvgIpc) is 2.99. The van der Waals surface area contributed by atoms with Crippen LogP contribution in [0, 0.1) is 0 Å². The minimum atomic E-state index is -0.231. The van der Waals surface area contributed by atoms with Crippen LogP contribution >= 0.6 is 11.3 Å². The molecule has 0 fully saturated rings. The van der Waals surface area contributed by atoms with E-state index in [4.69, 9.17) is 5.73 Å². The van der Waals surface area contributed by atoms with Crippen molar-refractivity contribution in [1.29, 1.82) is 0 Å². The smallest absolute Gasteiger partial charge is 0.246 e. The molecule has 110 valence electrons. The molecule has 0 aliphatic heterocycles. The van der Waals surface area contributed by atoms with Crippen LogP contribution < -0.4 is 16.4 Å². The van der Waals surface area contributed by atoms with Gasteiger partial charge in [0.1, 0.15) is 6.54 Å². The summed E-state index contributed by atoms with van der Waals surface area (Å²) in [6.07, 6.45) is 4.10. The van der Waals surface area contributed by atoms with Gasteiger partial charge in [-0.1, -0.05) is 6.07 Å². The summed E-state index contributed by atoms with van der Waals surface area (Å²) >= 11 is 1.70. The van der Waals surface area contributed by atoms with Crippen LogP contribution in [0.1, 0.15) is 4.88 Å². The number of carbonyl (C=O) groups excluding carboxylic acids is 1. The molecule has 0 atom stereocenters. The molecule has 2 aromatic heterocycles. The fraction of sp³-hybridized carbons (Fsp3) is 0.214. The fourth-order valence-electron chi connectivity index (χ4n) is 1.62. The summed E-state index contributed by atoms with van der Waals surface area (Å²) in [5.74, 6) is 0.0406. The maximum Gasteiger partial charge on any atom is 0.246 e. The van der Waals surface area contributed by atoms with Crippen molar-refractivity contribution in [3.63, 3.8) is 0 Å². The number of nitrogens with zero attached hydrogens (tertiary/aromatic N) is 2. The molecule has 0 aromatic carbocycles. The lowest BCUT2D eigenvalue weighted by Crippen LogP contribution is -2.34. The van der Waals surface area contributed by atoms with Gasteiger partial charge in [0, 0.05) is 17.6 Å². The van der Waals surface area contributed by atoms with Gasteiger partial charge in [0.15, 0.2) is 5.96 Å². The van der Waals surface area contributed by atoms with Gasteiger partial charge in [-0.3, -0.25) is 9.78 Å². The molecule has 0 aliphatic rings. The third kappa shape index (κ3) is 5.62. The molecular formula is C14H17N5OS. The summed E-state index contributed by atoms with van der Waals surface area (Å²) < 4.78 is 0. The van der Waals surface area contributed by atoms with E-state index in [2.05, 4.69) is 26.7 Å². The highest BCUT2D eigenvalue weighted by Gasteiger charge is 2.01. The molecule has 0 bridgehead atoms. The average molecular weight is 303 g/mol. The highest BCUT2D eigenvalue weighted by atomic mass is 32.1. The normalized spacial score (nSPS) is 11.1. The maximum atomic E-state index is 11.6. The molecule has 0 saturated heterocycles. The zero-order chi connectivity index (χ0) is 14.9. The van der Waals surface area contributed by atoms with Crippen LogP contribution in [0.15, 0.2) is 47.0 Å². The Bertz CT molecular complexity index is 583. The van der Waals surface area contributed by atoms with Gasteiger partial charge in [0.05, 0.1) is 11.9 Å². The van der Waals surface area contributed by atoms with Crippen LogP contribution in [0.4, 0.5) is 5.69 Å². The largest absolute Gasteiger partial charge is 0.370 e. The van der Waals surface area contributed by atoms with E-state index < -0.39 is 0 Å². The molecule has 0 aliphatic carbocycles. The summed E-state index contributed by atoms with van der Waals surface area (Å²) in [6.45, 7) is 0.673. The minimum Gasteiger partial charge on any atom is -0.370 e. The van der Waals surface area contributed by atoms with Crippen molar-refractivity contribution in [2.24, 2.45) is 10.7 Å². The van der Waals surface area contributed by atoms with E-state index in [1.807, 2.05) is 11.4 Å². The molecule has 1 amide bonds. The number of nitrogens with two attached hydrogens (primary N) is 1. The molecule has 4 N–H and O–H groups in total. The Morgan fingerprint density at radius 1 is 1.38 bits per heavy atom. The SMILES string of the molecule is NC(=NCC(=O)Nc1cccnc1)NCCc1cccs1. The molecule has 2 aromatic rings. The van der Waals surface area contributed by atoms with Gasteiger partial charge in [-0.25, -0.2) is 4.99 Å². The Hall–Kier alpha value is -2.41. The van der Waals surface area contributed by atoms with E-state index in [1.54, 1.807) is 35.9 Å². The molecule has 0 saturated carbocycles. The Labute approximate surface area is 127 Å². The Morgan fingerprint density at radius 3 is 3.00 bits per heavy atom. The van der Waals surface area contributed by atoms with Gasteiger partial charge >= 0.3 is 0 Å². The monoisotopic (exact) mass is 303 g/mol. The third-order valence-electron chi connectivity index (χ3n) is 2.60. The lowest BCUT2D eigenvalue weighted by molar-refractivity contribution is -0.114. The number of nitrogens with one attached hydrogen (secondary N) is 2. The number of carbonyl (C=O) groups is 1. The van der Waals surface area contributed by atoms with Crippen molar-refractivity contribution in [2.75, 3.05) is 18.4 Å². The van der Waals surface area contributed by atoms with Crippen molar-refractivity contribution in [2.45, 2.75) is 6.42 Å². The summed E-state index contributed by atoms with van der Waals surface area (Å²) in [6, 6.07) is 7.60. The van der Waals surface area contributed by atoms with Crippen molar-refractivity contribution >= 4 is 28.9 Å². The third-order valence-corrected chi connectivity index (χ3v) is 3.53. The van der Waals surface area contributed by atoms with Gasteiger partial charge < -0.3 is 16.4 Å². The van der Waals surface area contributed by atoms with E-state index in [1.165, 1.54) is 4.88 Å². The number of anilines is 1. The summed E-state index contributed by atoms with van der Waals surface area (Å²) in [5, 5.41) is 7.71. The predicted molar refractivity (Wildman–Crippen MR) is 85.4 cm³/mol. The van der Waals surface area contributed by atoms with Crippen molar-refractivity contribution < 1.29 is 4.79 Å². The first kappa shape index (κ1) is 15.0. The van der Waals surface area contributed by atoms with Crippen molar-refractivity contribution in [1.82, 2.24) is 10.3 Å². The molecule has 6 nitrogen and oxygen atoms in total. The van der Waals surface area contributed by atoms with Crippen LogP contribution in [0.5, 0.6) is 0 Å². The number of pyridine rings is 1. The predicted octanol–water partition coefficient (Wildman–Crippen LogP) is 1.23. The molecule has 0 spiro atoms. The Kier molecular flexibility index (Phi) is 5.71. The zero-order valence-electron chi connectivity index (χ0n) is 11.5. The number of hydrogen-bond acceptors (Lipinski definition) is 4. The van der Waals surface area contributed by atoms with Gasteiger partial charge in [-0.2, -0.15) is 0 Å². The first-order valence-electron chi connectivity index (χ1n) is 6.50. The summed E-state index contributed by atoms with van der Waals surface area (Å²) in [5.41, 5.74) is 6.35. The van der Waals surface area contributed by atoms with Gasteiger partial charge in [0.2, 0.25) is 5.91 Å². The fourth-order valence-corrected chi connectivity index (χ4v) is 2.33. The van der Waals surface area contributed by atoms with E-state index in [0.717, 1.165) is 6.42 Å². The van der Waals surface area contributed by atoms with Gasteiger partial charge in [0.25, 0.3) is 0 Å². The van der Waals surface area contributed by atoms with Crippen molar-refractivity contribution in [3.8, 4) is 0 Å². The number of hydrogen-bond donors (Lipinski definition) is 3. The highest BCUT2D eigenvalue weighted by Crippen LogP contribution is 2.07. The summed E-state index contributed by atoms with van der Waals surface area (Å²) in [4.78, 5) is 20.8. The number of amides is 1. The Morgan fingerprint density at radius 2 is 2.29 bits per heavy atom. The number of rotatable bonds is 6. The van der Waals surface area contributed by atoms with E-state index in [9.17, 15) is 4.79 Å². The topological polar surface area (TPSA) is 92.4 Å². The minimum absolute atomic E-state index is 0.0211. The van der Waals surface area contributed by atoms with Crippen LogP contribution in [0.3, 0.4) is 0 Å². The number of guanidine groups is 1. The van der Waals surface area contributed by atoms with E-state index in [-0.39, 0.29) is 18.4 Å². The Balaban J connectivity index is 1.68. The van der Waals surface area contributed by atoms with Gasteiger partial charge in [-0.15, -0.1) is 11.3 Å². The quantitative estimate of drug-likeness (QED) is 0.553.